The monoisotopic (exact) mass is 227 g/mol. The molecular formula is C10H11ClFN3. The van der Waals surface area contributed by atoms with Gasteiger partial charge in [-0.1, -0.05) is 0 Å². The van der Waals surface area contributed by atoms with Crippen molar-refractivity contribution in [1.29, 1.82) is 0 Å². The van der Waals surface area contributed by atoms with Crippen LogP contribution in [0.15, 0.2) is 24.3 Å². The molecule has 0 bridgehead atoms. The Morgan fingerprint density at radius 2 is 2.07 bits per heavy atom. The lowest BCUT2D eigenvalue weighted by Crippen LogP contribution is -2.08. The average molecular weight is 228 g/mol. The topological polar surface area (TPSA) is 50.9 Å². The molecule has 5 heteroatoms. The molecule has 0 fully saturated rings. The first-order chi connectivity index (χ1) is 6.70. The van der Waals surface area contributed by atoms with Crippen molar-refractivity contribution in [2.75, 3.05) is 5.43 Å². The number of nitrogens with one attached hydrogen (secondary N) is 1. The molecule has 0 unspecified atom stereocenters. The van der Waals surface area contributed by atoms with Gasteiger partial charge in [-0.05, 0) is 30.7 Å². The van der Waals surface area contributed by atoms with E-state index in [1.807, 2.05) is 13.0 Å². The van der Waals surface area contributed by atoms with Gasteiger partial charge in [0.2, 0.25) is 0 Å². The van der Waals surface area contributed by atoms with Crippen molar-refractivity contribution in [2.45, 2.75) is 6.92 Å². The van der Waals surface area contributed by atoms with Crippen molar-refractivity contribution in [2.24, 2.45) is 5.84 Å². The van der Waals surface area contributed by atoms with Crippen LogP contribution < -0.4 is 11.3 Å². The summed E-state index contributed by atoms with van der Waals surface area (Å²) in [4.78, 5) is 4.14. The third-order valence-electron chi connectivity index (χ3n) is 2.13. The van der Waals surface area contributed by atoms with E-state index >= 15 is 0 Å². The number of nitrogen functional groups attached to an aromatic ring is 1. The summed E-state index contributed by atoms with van der Waals surface area (Å²) in [5.74, 6) is 5.49. The molecule has 2 aromatic rings. The van der Waals surface area contributed by atoms with Gasteiger partial charge in [0, 0.05) is 11.5 Å². The SMILES string of the molecule is Cc1cc(NN)nc2cc(F)ccc12.Cl. The predicted molar refractivity (Wildman–Crippen MR) is 61.5 cm³/mol. The maximum absolute atomic E-state index is 12.9. The van der Waals surface area contributed by atoms with Gasteiger partial charge in [0.25, 0.3) is 0 Å². The van der Waals surface area contributed by atoms with Gasteiger partial charge in [-0.15, -0.1) is 12.4 Å². The van der Waals surface area contributed by atoms with E-state index in [1.165, 1.54) is 12.1 Å². The molecular weight excluding hydrogens is 217 g/mol. The summed E-state index contributed by atoms with van der Waals surface area (Å²) < 4.78 is 12.9. The van der Waals surface area contributed by atoms with E-state index in [9.17, 15) is 4.39 Å². The second kappa shape index (κ2) is 4.42. The summed E-state index contributed by atoms with van der Waals surface area (Å²) in [6.45, 7) is 1.93. The summed E-state index contributed by atoms with van der Waals surface area (Å²) in [6, 6.07) is 6.35. The number of halogens is 2. The summed E-state index contributed by atoms with van der Waals surface area (Å²) in [5.41, 5.74) is 4.07. The van der Waals surface area contributed by atoms with Crippen LogP contribution in [0.2, 0.25) is 0 Å². The van der Waals surface area contributed by atoms with E-state index in [2.05, 4.69) is 10.4 Å². The Labute approximate surface area is 92.9 Å². The van der Waals surface area contributed by atoms with E-state index in [1.54, 1.807) is 6.07 Å². The maximum atomic E-state index is 12.9. The molecule has 80 valence electrons. The number of anilines is 1. The Morgan fingerprint density at radius 3 is 2.73 bits per heavy atom. The lowest BCUT2D eigenvalue weighted by Gasteiger charge is -2.05. The highest BCUT2D eigenvalue weighted by Gasteiger charge is 2.02. The number of hydrogen-bond acceptors (Lipinski definition) is 3. The molecule has 0 saturated heterocycles. The van der Waals surface area contributed by atoms with E-state index in [0.29, 0.717) is 11.3 Å². The molecule has 1 aromatic carbocycles. The van der Waals surface area contributed by atoms with Gasteiger partial charge >= 0.3 is 0 Å². The summed E-state index contributed by atoms with van der Waals surface area (Å²) in [6.07, 6.45) is 0. The van der Waals surface area contributed by atoms with Crippen LogP contribution >= 0.6 is 12.4 Å². The molecule has 1 aromatic heterocycles. The molecule has 0 aliphatic rings. The van der Waals surface area contributed by atoms with Gasteiger partial charge < -0.3 is 5.43 Å². The normalized spacial score (nSPS) is 9.80. The fourth-order valence-electron chi connectivity index (χ4n) is 1.45. The number of nitrogens with two attached hydrogens (primary N) is 1. The molecule has 2 rings (SSSR count). The second-order valence-electron chi connectivity index (χ2n) is 3.13. The Balaban J connectivity index is 0.00000112. The van der Waals surface area contributed by atoms with Crippen molar-refractivity contribution in [1.82, 2.24) is 4.98 Å². The van der Waals surface area contributed by atoms with Crippen molar-refractivity contribution in [3.05, 3.63) is 35.6 Å². The second-order valence-corrected chi connectivity index (χ2v) is 3.13. The molecule has 1 heterocycles. The van der Waals surface area contributed by atoms with Crippen LogP contribution in [0.1, 0.15) is 5.56 Å². The number of rotatable bonds is 1. The largest absolute Gasteiger partial charge is 0.308 e. The number of aryl methyl sites for hydroxylation is 1. The molecule has 0 saturated carbocycles. The Kier molecular flexibility index (Phi) is 3.44. The van der Waals surface area contributed by atoms with Gasteiger partial charge in [-0.25, -0.2) is 15.2 Å². The standard InChI is InChI=1S/C10H10FN3.ClH/c1-6-4-10(14-12)13-9-5-7(11)2-3-8(6)9;/h2-5H,12H2,1H3,(H,13,14);1H. The lowest BCUT2D eigenvalue weighted by molar-refractivity contribution is 0.629. The minimum Gasteiger partial charge on any atom is -0.308 e. The summed E-state index contributed by atoms with van der Waals surface area (Å²) in [5, 5.41) is 0.936. The Morgan fingerprint density at radius 1 is 1.33 bits per heavy atom. The maximum Gasteiger partial charge on any atom is 0.140 e. The fourth-order valence-corrected chi connectivity index (χ4v) is 1.45. The Hall–Kier alpha value is -1.39. The molecule has 3 N–H and O–H groups in total. The average Bonchev–Trinajstić information content (AvgIpc) is 2.16. The van der Waals surface area contributed by atoms with Gasteiger partial charge in [0.15, 0.2) is 0 Å². The van der Waals surface area contributed by atoms with Crippen molar-refractivity contribution >= 4 is 29.1 Å². The number of fused-ring (bicyclic) bond motifs is 1. The molecule has 0 spiro atoms. The fraction of sp³-hybridized carbons (Fsp3) is 0.100. The Bertz CT molecular complexity index is 487. The van der Waals surface area contributed by atoms with E-state index in [4.69, 9.17) is 5.84 Å². The molecule has 15 heavy (non-hydrogen) atoms. The quantitative estimate of drug-likeness (QED) is 0.581. The van der Waals surface area contributed by atoms with Crippen molar-refractivity contribution in [3.63, 3.8) is 0 Å². The van der Waals surface area contributed by atoms with Crippen LogP contribution in [-0.4, -0.2) is 4.98 Å². The molecule has 0 aliphatic heterocycles. The lowest BCUT2D eigenvalue weighted by atomic mass is 10.1. The first-order valence-electron chi connectivity index (χ1n) is 4.24. The van der Waals surface area contributed by atoms with Gasteiger partial charge in [-0.2, -0.15) is 0 Å². The van der Waals surface area contributed by atoms with Crippen LogP contribution in [0.25, 0.3) is 10.9 Å². The minimum atomic E-state index is -0.293. The summed E-state index contributed by atoms with van der Waals surface area (Å²) >= 11 is 0. The van der Waals surface area contributed by atoms with E-state index < -0.39 is 0 Å². The molecule has 0 amide bonds. The van der Waals surface area contributed by atoms with E-state index in [-0.39, 0.29) is 18.2 Å². The van der Waals surface area contributed by atoms with Crippen molar-refractivity contribution in [3.8, 4) is 0 Å². The smallest absolute Gasteiger partial charge is 0.140 e. The number of benzene rings is 1. The molecule has 0 radical (unpaired) electrons. The number of aromatic nitrogens is 1. The number of hydrogen-bond donors (Lipinski definition) is 2. The van der Waals surface area contributed by atoms with Crippen LogP contribution in [0.3, 0.4) is 0 Å². The number of nitrogens with zero attached hydrogens (tertiary/aromatic N) is 1. The predicted octanol–water partition coefficient (Wildman–Crippen LogP) is 2.39. The zero-order chi connectivity index (χ0) is 10.1. The highest BCUT2D eigenvalue weighted by Crippen LogP contribution is 2.20. The first-order valence-corrected chi connectivity index (χ1v) is 4.24. The third-order valence-corrected chi connectivity index (χ3v) is 2.13. The van der Waals surface area contributed by atoms with Crippen LogP contribution in [-0.2, 0) is 0 Å². The zero-order valence-corrected chi connectivity index (χ0v) is 8.94. The zero-order valence-electron chi connectivity index (χ0n) is 8.12. The van der Waals surface area contributed by atoms with Gasteiger partial charge in [0.05, 0.1) is 5.52 Å². The van der Waals surface area contributed by atoms with E-state index in [0.717, 1.165) is 10.9 Å². The van der Waals surface area contributed by atoms with Crippen LogP contribution in [0, 0.1) is 12.7 Å². The minimum absolute atomic E-state index is 0. The molecule has 0 aliphatic carbocycles. The molecule has 3 nitrogen and oxygen atoms in total. The van der Waals surface area contributed by atoms with Crippen LogP contribution in [0.4, 0.5) is 10.2 Å². The van der Waals surface area contributed by atoms with Crippen LogP contribution in [0.5, 0.6) is 0 Å². The number of hydrazine groups is 1. The number of pyridine rings is 1. The van der Waals surface area contributed by atoms with Crippen molar-refractivity contribution < 1.29 is 4.39 Å². The summed E-state index contributed by atoms with van der Waals surface area (Å²) in [7, 11) is 0. The highest BCUT2D eigenvalue weighted by atomic mass is 35.5. The van der Waals surface area contributed by atoms with Gasteiger partial charge in [0.1, 0.15) is 11.6 Å². The molecule has 0 atom stereocenters. The third kappa shape index (κ3) is 2.16. The highest BCUT2D eigenvalue weighted by molar-refractivity contribution is 5.85. The first kappa shape index (κ1) is 11.7. The van der Waals surface area contributed by atoms with Gasteiger partial charge in [-0.3, -0.25) is 0 Å².